The molecule has 3 rings (SSSR count). The number of carbonyl (C=O) groups is 1. The summed E-state index contributed by atoms with van der Waals surface area (Å²) in [7, 11) is 0. The largest absolute Gasteiger partial charge is 0.493 e. The standard InChI is InChI=1S/C22H22ClN3O2/c23-18-6-4-5-17(15-18)11-13-24-21-10-9-19(16-25-21)26-22(27)12-14-28-20-7-2-1-3-8-20/h1-10,15-16H,11-14H2,(H,24,25)(H,26,27). The van der Waals surface area contributed by atoms with Crippen LogP contribution in [-0.2, 0) is 11.2 Å². The molecule has 0 spiro atoms. The molecular weight excluding hydrogens is 374 g/mol. The van der Waals surface area contributed by atoms with Crippen molar-refractivity contribution >= 4 is 29.0 Å². The Labute approximate surface area is 169 Å². The number of nitrogens with zero attached hydrogens (tertiary/aromatic N) is 1. The van der Waals surface area contributed by atoms with Gasteiger partial charge >= 0.3 is 0 Å². The van der Waals surface area contributed by atoms with Crippen LogP contribution in [0.25, 0.3) is 0 Å². The highest BCUT2D eigenvalue weighted by atomic mass is 35.5. The second kappa shape index (κ2) is 10.3. The zero-order valence-corrected chi connectivity index (χ0v) is 16.2. The van der Waals surface area contributed by atoms with Crippen LogP contribution in [0, 0.1) is 0 Å². The van der Waals surface area contributed by atoms with E-state index in [4.69, 9.17) is 16.3 Å². The number of hydrogen-bond acceptors (Lipinski definition) is 4. The lowest BCUT2D eigenvalue weighted by atomic mass is 10.1. The summed E-state index contributed by atoms with van der Waals surface area (Å²) < 4.78 is 5.53. The molecule has 28 heavy (non-hydrogen) atoms. The van der Waals surface area contributed by atoms with Crippen molar-refractivity contribution in [3.8, 4) is 5.75 Å². The van der Waals surface area contributed by atoms with Crippen molar-refractivity contribution in [3.63, 3.8) is 0 Å². The topological polar surface area (TPSA) is 63.2 Å². The second-order valence-electron chi connectivity index (χ2n) is 6.20. The average molecular weight is 396 g/mol. The number of halogens is 1. The summed E-state index contributed by atoms with van der Waals surface area (Å²) in [5.41, 5.74) is 1.83. The number of para-hydroxylation sites is 1. The van der Waals surface area contributed by atoms with Crippen LogP contribution < -0.4 is 15.4 Å². The lowest BCUT2D eigenvalue weighted by Gasteiger charge is -2.09. The van der Waals surface area contributed by atoms with Gasteiger partial charge in [-0.2, -0.15) is 0 Å². The third kappa shape index (κ3) is 6.59. The van der Waals surface area contributed by atoms with E-state index in [0.29, 0.717) is 12.3 Å². The number of carbonyl (C=O) groups excluding carboxylic acids is 1. The van der Waals surface area contributed by atoms with E-state index in [1.807, 2.05) is 66.7 Å². The van der Waals surface area contributed by atoms with Crippen LogP contribution in [0.2, 0.25) is 5.02 Å². The minimum Gasteiger partial charge on any atom is -0.493 e. The Morgan fingerprint density at radius 1 is 1.04 bits per heavy atom. The molecule has 0 fully saturated rings. The van der Waals surface area contributed by atoms with E-state index in [1.54, 1.807) is 6.20 Å². The molecule has 0 saturated heterocycles. The van der Waals surface area contributed by atoms with E-state index in [-0.39, 0.29) is 12.3 Å². The highest BCUT2D eigenvalue weighted by Crippen LogP contribution is 2.13. The van der Waals surface area contributed by atoms with Gasteiger partial charge in [-0.05, 0) is 48.4 Å². The van der Waals surface area contributed by atoms with Gasteiger partial charge in [-0.3, -0.25) is 4.79 Å². The van der Waals surface area contributed by atoms with Gasteiger partial charge < -0.3 is 15.4 Å². The van der Waals surface area contributed by atoms with Gasteiger partial charge in [0, 0.05) is 11.6 Å². The van der Waals surface area contributed by atoms with Crippen molar-refractivity contribution in [1.82, 2.24) is 4.98 Å². The molecule has 1 aromatic heterocycles. The fourth-order valence-corrected chi connectivity index (χ4v) is 2.81. The number of rotatable bonds is 9. The molecule has 0 atom stereocenters. The van der Waals surface area contributed by atoms with Gasteiger partial charge in [0.15, 0.2) is 0 Å². The summed E-state index contributed by atoms with van der Waals surface area (Å²) in [5.74, 6) is 1.40. The summed E-state index contributed by atoms with van der Waals surface area (Å²) in [6.07, 6.45) is 2.76. The number of aromatic nitrogens is 1. The number of hydrogen-bond donors (Lipinski definition) is 2. The Balaban J connectivity index is 1.38. The maximum atomic E-state index is 12.0. The first-order valence-corrected chi connectivity index (χ1v) is 9.49. The quantitative estimate of drug-likeness (QED) is 0.546. The van der Waals surface area contributed by atoms with E-state index in [2.05, 4.69) is 15.6 Å². The van der Waals surface area contributed by atoms with Gasteiger partial charge in [0.2, 0.25) is 5.91 Å². The number of amides is 1. The highest BCUT2D eigenvalue weighted by Gasteiger charge is 2.04. The molecule has 0 aliphatic carbocycles. The predicted molar refractivity (Wildman–Crippen MR) is 113 cm³/mol. The molecule has 2 aromatic carbocycles. The van der Waals surface area contributed by atoms with Crippen molar-refractivity contribution in [1.29, 1.82) is 0 Å². The molecular formula is C22H22ClN3O2. The van der Waals surface area contributed by atoms with Gasteiger partial charge in [-0.25, -0.2) is 4.98 Å². The zero-order valence-electron chi connectivity index (χ0n) is 15.4. The van der Waals surface area contributed by atoms with Crippen LogP contribution in [0.4, 0.5) is 11.5 Å². The Morgan fingerprint density at radius 2 is 1.89 bits per heavy atom. The van der Waals surface area contributed by atoms with Gasteiger partial charge in [-0.1, -0.05) is 41.9 Å². The van der Waals surface area contributed by atoms with Crippen molar-refractivity contribution in [2.75, 3.05) is 23.8 Å². The van der Waals surface area contributed by atoms with Crippen molar-refractivity contribution in [2.24, 2.45) is 0 Å². The molecule has 0 aliphatic heterocycles. The average Bonchev–Trinajstić information content (AvgIpc) is 2.70. The zero-order chi connectivity index (χ0) is 19.6. The van der Waals surface area contributed by atoms with Gasteiger partial charge in [0.1, 0.15) is 11.6 Å². The Morgan fingerprint density at radius 3 is 2.64 bits per heavy atom. The van der Waals surface area contributed by atoms with Crippen LogP contribution in [0.3, 0.4) is 0 Å². The number of ether oxygens (including phenoxy) is 1. The van der Waals surface area contributed by atoms with Crippen LogP contribution in [-0.4, -0.2) is 24.0 Å². The van der Waals surface area contributed by atoms with Gasteiger partial charge in [0.25, 0.3) is 0 Å². The molecule has 1 amide bonds. The molecule has 0 radical (unpaired) electrons. The van der Waals surface area contributed by atoms with E-state index in [1.165, 1.54) is 5.56 Å². The Hall–Kier alpha value is -3.05. The Bertz CT molecular complexity index is 886. The maximum Gasteiger partial charge on any atom is 0.227 e. The summed E-state index contributed by atoms with van der Waals surface area (Å²) in [6, 6.07) is 20.9. The Kier molecular flexibility index (Phi) is 7.27. The van der Waals surface area contributed by atoms with Gasteiger partial charge in [-0.15, -0.1) is 0 Å². The first-order valence-electron chi connectivity index (χ1n) is 9.11. The molecule has 0 bridgehead atoms. The summed E-state index contributed by atoms with van der Waals surface area (Å²) in [6.45, 7) is 1.07. The van der Waals surface area contributed by atoms with E-state index in [0.717, 1.165) is 29.6 Å². The van der Waals surface area contributed by atoms with Crippen molar-refractivity contribution in [3.05, 3.63) is 83.5 Å². The normalized spacial score (nSPS) is 10.3. The monoisotopic (exact) mass is 395 g/mol. The lowest BCUT2D eigenvalue weighted by molar-refractivity contribution is -0.116. The molecule has 6 heteroatoms. The molecule has 1 heterocycles. The predicted octanol–water partition coefficient (Wildman–Crippen LogP) is 4.80. The molecule has 0 saturated carbocycles. The molecule has 0 aliphatic rings. The van der Waals surface area contributed by atoms with E-state index < -0.39 is 0 Å². The van der Waals surface area contributed by atoms with Gasteiger partial charge in [0.05, 0.1) is 24.9 Å². The molecule has 5 nitrogen and oxygen atoms in total. The van der Waals surface area contributed by atoms with Crippen LogP contribution in [0.15, 0.2) is 72.9 Å². The summed E-state index contributed by atoms with van der Waals surface area (Å²) in [5, 5.41) is 6.82. The maximum absolute atomic E-state index is 12.0. The van der Waals surface area contributed by atoms with Crippen molar-refractivity contribution < 1.29 is 9.53 Å². The molecule has 3 aromatic rings. The third-order valence-electron chi connectivity index (χ3n) is 4.00. The second-order valence-corrected chi connectivity index (χ2v) is 6.63. The van der Waals surface area contributed by atoms with Crippen molar-refractivity contribution in [2.45, 2.75) is 12.8 Å². The summed E-state index contributed by atoms with van der Waals surface area (Å²) in [4.78, 5) is 16.3. The molecule has 2 N–H and O–H groups in total. The van der Waals surface area contributed by atoms with Crippen LogP contribution in [0.5, 0.6) is 5.75 Å². The number of pyridine rings is 1. The third-order valence-corrected chi connectivity index (χ3v) is 4.23. The van der Waals surface area contributed by atoms with E-state index in [9.17, 15) is 4.79 Å². The molecule has 144 valence electrons. The number of nitrogens with one attached hydrogen (secondary N) is 2. The number of anilines is 2. The first-order chi connectivity index (χ1) is 13.7. The summed E-state index contributed by atoms with van der Waals surface area (Å²) >= 11 is 5.99. The minimum absolute atomic E-state index is 0.112. The SMILES string of the molecule is O=C(CCOc1ccccc1)Nc1ccc(NCCc2cccc(Cl)c2)nc1. The first kappa shape index (κ1) is 19.7. The van der Waals surface area contributed by atoms with E-state index >= 15 is 0 Å². The lowest BCUT2D eigenvalue weighted by Crippen LogP contribution is -2.15. The smallest absolute Gasteiger partial charge is 0.227 e. The number of benzene rings is 2. The minimum atomic E-state index is -0.112. The van der Waals surface area contributed by atoms with Crippen LogP contribution >= 0.6 is 11.6 Å². The fourth-order valence-electron chi connectivity index (χ4n) is 2.60. The van der Waals surface area contributed by atoms with Crippen LogP contribution in [0.1, 0.15) is 12.0 Å². The fraction of sp³-hybridized carbons (Fsp3) is 0.182. The molecule has 0 unspecified atom stereocenters. The highest BCUT2D eigenvalue weighted by molar-refractivity contribution is 6.30.